The van der Waals surface area contributed by atoms with E-state index in [0.29, 0.717) is 12.2 Å². The number of likely N-dealkylation sites (N-methyl/N-ethyl adjacent to an activating group) is 1. The fourth-order valence-electron chi connectivity index (χ4n) is 5.24. The average Bonchev–Trinajstić information content (AvgIpc) is 2.88. The Morgan fingerprint density at radius 1 is 1.21 bits per heavy atom. The van der Waals surface area contributed by atoms with E-state index in [1.54, 1.807) is 13.1 Å². The Morgan fingerprint density at radius 3 is 2.51 bits per heavy atom. The fraction of sp³-hybridized carbons (Fsp3) is 0.870. The Morgan fingerprint density at radius 2 is 1.90 bits per heavy atom. The van der Waals surface area contributed by atoms with Crippen LogP contribution in [0.4, 0.5) is 0 Å². The number of nitrogens with two attached hydrogens (primary N) is 5. The molecule has 1 saturated heterocycles. The first-order valence-electron chi connectivity index (χ1n) is 13.1. The van der Waals surface area contributed by atoms with Crippen LogP contribution >= 0.6 is 0 Å². The molecule has 0 spiro atoms. The Bertz CT molecular complexity index is 847. The summed E-state index contributed by atoms with van der Waals surface area (Å²) in [5.41, 5.74) is 27.6. The van der Waals surface area contributed by atoms with Crippen LogP contribution in [-0.4, -0.2) is 133 Å². The second kappa shape index (κ2) is 13.8. The van der Waals surface area contributed by atoms with Crippen LogP contribution in [0.1, 0.15) is 19.8 Å². The van der Waals surface area contributed by atoms with E-state index in [9.17, 15) is 20.4 Å². The molecule has 0 radical (unpaired) electrons. The van der Waals surface area contributed by atoms with E-state index in [1.807, 2.05) is 0 Å². The van der Waals surface area contributed by atoms with E-state index >= 15 is 0 Å². The lowest BCUT2D eigenvalue weighted by molar-refractivity contribution is -0.304. The highest BCUT2D eigenvalue weighted by molar-refractivity contribution is 5.75. The zero-order valence-electron chi connectivity index (χ0n) is 22.4. The standard InChI is InChI=1S/C23H46N8O8/c1-23(35)9-36-21(16(34)19(23)29-2)39-18-14(30-8-10(32)6-24)5-12(26)17(15(18)33)38-20-13(31-22(27)28)4-3-11(7-25)37-20/h3,10,12-21,29-30,32-35H,4-9,24-26H2,1-2H3,(H4,27,28,31)/t10?,12-,13+,14+,15-,16+,17?,18-,19+,20+,21+,23-/m0/s1. The molecule has 2 heterocycles. The number of nitrogens with zero attached hydrogens (tertiary/aromatic N) is 1. The van der Waals surface area contributed by atoms with Gasteiger partial charge in [0, 0.05) is 25.2 Å². The molecule has 16 nitrogen and oxygen atoms in total. The van der Waals surface area contributed by atoms with Crippen molar-refractivity contribution in [2.45, 2.75) is 92.6 Å². The summed E-state index contributed by atoms with van der Waals surface area (Å²) in [5.74, 6) is 0.325. The summed E-state index contributed by atoms with van der Waals surface area (Å²) >= 11 is 0. The van der Waals surface area contributed by atoms with Crippen molar-refractivity contribution < 1.29 is 39.4 Å². The minimum atomic E-state index is -1.36. The van der Waals surface area contributed by atoms with Crippen LogP contribution in [-0.2, 0) is 18.9 Å². The smallest absolute Gasteiger partial charge is 0.222 e. The van der Waals surface area contributed by atoms with Crippen LogP contribution in [0.5, 0.6) is 0 Å². The lowest BCUT2D eigenvalue weighted by Crippen LogP contribution is -2.69. The first kappa shape index (κ1) is 31.9. The molecule has 3 aliphatic rings. The maximum atomic E-state index is 11.5. The van der Waals surface area contributed by atoms with Crippen LogP contribution < -0.4 is 39.3 Å². The van der Waals surface area contributed by atoms with Gasteiger partial charge in [0.1, 0.15) is 41.8 Å². The monoisotopic (exact) mass is 562 g/mol. The molecule has 0 aromatic heterocycles. The van der Waals surface area contributed by atoms with E-state index in [4.69, 9.17) is 47.6 Å². The summed E-state index contributed by atoms with van der Waals surface area (Å²) in [6.45, 7) is 1.67. The predicted molar refractivity (Wildman–Crippen MR) is 141 cm³/mol. The van der Waals surface area contributed by atoms with Gasteiger partial charge in [0.2, 0.25) is 6.29 Å². The molecule has 2 aliphatic heterocycles. The molecule has 1 saturated carbocycles. The van der Waals surface area contributed by atoms with Crippen molar-refractivity contribution in [1.82, 2.24) is 10.6 Å². The van der Waals surface area contributed by atoms with Crippen LogP contribution in [0.3, 0.4) is 0 Å². The highest BCUT2D eigenvalue weighted by Gasteiger charge is 2.51. The van der Waals surface area contributed by atoms with Crippen molar-refractivity contribution in [3.8, 4) is 0 Å². The number of aliphatic imine (C=N–C) groups is 1. The molecule has 2 unspecified atom stereocenters. The van der Waals surface area contributed by atoms with Gasteiger partial charge in [-0.1, -0.05) is 0 Å². The van der Waals surface area contributed by atoms with Crippen LogP contribution in [0.2, 0.25) is 0 Å². The predicted octanol–water partition coefficient (Wildman–Crippen LogP) is -5.59. The lowest BCUT2D eigenvalue weighted by Gasteiger charge is -2.49. The van der Waals surface area contributed by atoms with Crippen molar-refractivity contribution in [1.29, 1.82) is 0 Å². The van der Waals surface area contributed by atoms with Gasteiger partial charge in [-0.2, -0.15) is 0 Å². The first-order valence-corrected chi connectivity index (χ1v) is 13.1. The first-order chi connectivity index (χ1) is 18.4. The largest absolute Gasteiger partial charge is 0.466 e. The summed E-state index contributed by atoms with van der Waals surface area (Å²) in [7, 11) is 1.60. The number of aliphatic hydroxyl groups excluding tert-OH is 3. The van der Waals surface area contributed by atoms with E-state index in [-0.39, 0.29) is 38.6 Å². The number of guanidine groups is 1. The Hall–Kier alpha value is -1.67. The molecule has 16 heteroatoms. The van der Waals surface area contributed by atoms with Crippen molar-refractivity contribution in [3.05, 3.63) is 11.8 Å². The number of hydrogen-bond acceptors (Lipinski definition) is 14. The SMILES string of the molecule is CN[C@@H]1[C@@H](O)[C@@H](O[C@H]2[C@H](NCC(O)CN)C[C@H](N)C(O[C@H]3OC(CN)=CC[C@H]3N=C(N)N)[C@@H]2O)OC[C@]1(C)O. The normalized spacial score (nSPS) is 41.8. The van der Waals surface area contributed by atoms with E-state index in [1.165, 1.54) is 6.92 Å². The molecule has 12 atom stereocenters. The molecule has 1 aliphatic carbocycles. The summed E-state index contributed by atoms with van der Waals surface area (Å²) in [4.78, 5) is 4.18. The summed E-state index contributed by atoms with van der Waals surface area (Å²) < 4.78 is 23.8. The Labute approximate surface area is 227 Å². The summed E-state index contributed by atoms with van der Waals surface area (Å²) in [5, 5.41) is 49.1. The van der Waals surface area contributed by atoms with Crippen molar-refractivity contribution in [3.63, 3.8) is 0 Å². The number of ether oxygens (including phenoxy) is 4. The van der Waals surface area contributed by atoms with Gasteiger partial charge in [-0.15, -0.1) is 0 Å². The van der Waals surface area contributed by atoms with Crippen molar-refractivity contribution >= 4 is 5.96 Å². The number of aliphatic hydroxyl groups is 4. The van der Waals surface area contributed by atoms with Crippen LogP contribution in [0.15, 0.2) is 16.8 Å². The fourth-order valence-corrected chi connectivity index (χ4v) is 5.24. The van der Waals surface area contributed by atoms with Gasteiger partial charge in [-0.05, 0) is 32.9 Å². The maximum Gasteiger partial charge on any atom is 0.222 e. The average molecular weight is 563 g/mol. The second-order valence-corrected chi connectivity index (χ2v) is 10.5. The Kier molecular flexibility index (Phi) is 11.3. The molecule has 0 amide bonds. The van der Waals surface area contributed by atoms with Gasteiger partial charge in [0.15, 0.2) is 12.2 Å². The minimum Gasteiger partial charge on any atom is -0.466 e. The van der Waals surface area contributed by atoms with Gasteiger partial charge in [0.05, 0.1) is 25.3 Å². The van der Waals surface area contributed by atoms with Crippen molar-refractivity contribution in [2.75, 3.05) is 33.3 Å². The third-order valence-corrected chi connectivity index (χ3v) is 7.31. The summed E-state index contributed by atoms with van der Waals surface area (Å²) in [6.07, 6.45) is -5.28. The quantitative estimate of drug-likeness (QED) is 0.0826. The third-order valence-electron chi connectivity index (χ3n) is 7.31. The Balaban J connectivity index is 1.83. The highest BCUT2D eigenvalue weighted by atomic mass is 16.7. The molecule has 39 heavy (non-hydrogen) atoms. The van der Waals surface area contributed by atoms with Gasteiger partial charge in [-0.3, -0.25) is 0 Å². The second-order valence-electron chi connectivity index (χ2n) is 10.5. The van der Waals surface area contributed by atoms with E-state index in [2.05, 4.69) is 15.6 Å². The van der Waals surface area contributed by atoms with E-state index < -0.39 is 72.9 Å². The van der Waals surface area contributed by atoms with Crippen molar-refractivity contribution in [2.24, 2.45) is 33.7 Å². The molecule has 16 N–H and O–H groups in total. The van der Waals surface area contributed by atoms with Crippen LogP contribution in [0.25, 0.3) is 0 Å². The maximum absolute atomic E-state index is 11.5. The van der Waals surface area contributed by atoms with E-state index in [0.717, 1.165) is 0 Å². The van der Waals surface area contributed by atoms with Gasteiger partial charge in [-0.25, -0.2) is 4.99 Å². The molecule has 0 aromatic carbocycles. The van der Waals surface area contributed by atoms with Gasteiger partial charge < -0.3 is 78.7 Å². The molecule has 226 valence electrons. The molecular formula is C23H46N8O8. The minimum absolute atomic E-state index is 0.0250. The third kappa shape index (κ3) is 7.75. The number of nitrogens with one attached hydrogen (secondary N) is 2. The molecular weight excluding hydrogens is 516 g/mol. The van der Waals surface area contributed by atoms with Gasteiger partial charge >= 0.3 is 0 Å². The highest BCUT2D eigenvalue weighted by Crippen LogP contribution is 2.32. The number of hydrogen-bond donors (Lipinski definition) is 11. The topological polar surface area (TPSA) is 284 Å². The summed E-state index contributed by atoms with van der Waals surface area (Å²) in [6, 6.07) is -2.66. The zero-order chi connectivity index (χ0) is 28.9. The molecule has 2 fully saturated rings. The molecule has 3 rings (SSSR count). The van der Waals surface area contributed by atoms with Crippen LogP contribution in [0, 0.1) is 0 Å². The molecule has 0 bridgehead atoms. The van der Waals surface area contributed by atoms with Gasteiger partial charge in [0.25, 0.3) is 0 Å². The zero-order valence-corrected chi connectivity index (χ0v) is 22.4. The molecule has 0 aromatic rings. The number of rotatable bonds is 11. The lowest BCUT2D eigenvalue weighted by atomic mass is 9.83.